The van der Waals surface area contributed by atoms with E-state index in [1.807, 2.05) is 0 Å². The fourth-order valence-electron chi connectivity index (χ4n) is 1.98. The van der Waals surface area contributed by atoms with Crippen LogP contribution in [-0.2, 0) is 6.54 Å². The Balaban J connectivity index is 1.78. The normalized spacial score (nSPS) is 14.4. The summed E-state index contributed by atoms with van der Waals surface area (Å²) in [6, 6.07) is 6.44. The third-order valence-electron chi connectivity index (χ3n) is 3.13. The van der Waals surface area contributed by atoms with Gasteiger partial charge in [0.2, 0.25) is 5.82 Å². The lowest BCUT2D eigenvalue weighted by atomic mass is 10.2. The summed E-state index contributed by atoms with van der Waals surface area (Å²) in [7, 11) is 0. The van der Waals surface area contributed by atoms with Crippen LogP contribution in [0.1, 0.15) is 29.0 Å². The van der Waals surface area contributed by atoms with E-state index in [-0.39, 0.29) is 23.6 Å². The molecule has 6 heteroatoms. The number of rotatable bonds is 4. The highest BCUT2D eigenvalue weighted by Gasteiger charge is 2.34. The van der Waals surface area contributed by atoms with Gasteiger partial charge in [-0.2, -0.15) is 5.10 Å². The van der Waals surface area contributed by atoms with Crippen LogP contribution >= 0.6 is 0 Å². The Morgan fingerprint density at radius 3 is 2.68 bits per heavy atom. The number of hydrogen-bond acceptors (Lipinski definition) is 3. The van der Waals surface area contributed by atoms with Crippen molar-refractivity contribution in [1.82, 2.24) is 20.1 Å². The van der Waals surface area contributed by atoms with Crippen LogP contribution in [0, 0.1) is 5.82 Å². The molecule has 1 aliphatic carbocycles. The molecule has 0 bridgehead atoms. The van der Waals surface area contributed by atoms with Crippen LogP contribution in [-0.4, -0.2) is 32.0 Å². The molecule has 19 heavy (non-hydrogen) atoms. The first-order valence-corrected chi connectivity index (χ1v) is 6.15. The van der Waals surface area contributed by atoms with Crippen LogP contribution in [0.25, 0.3) is 0 Å². The quantitative estimate of drug-likeness (QED) is 0.911. The molecule has 5 nitrogen and oxygen atoms in total. The first kappa shape index (κ1) is 11.8. The third kappa shape index (κ3) is 2.62. The van der Waals surface area contributed by atoms with Crippen molar-refractivity contribution in [3.63, 3.8) is 0 Å². The standard InChI is InChI=1S/C13H13FN4O/c14-10-3-1-9(2-4-10)7-18(11-5-6-11)13(19)12-15-8-16-17-12/h1-4,8,11H,5-7H2,(H,15,16,17). The van der Waals surface area contributed by atoms with Gasteiger partial charge in [0.05, 0.1) is 0 Å². The molecule has 1 amide bonds. The molecule has 1 aromatic heterocycles. The van der Waals surface area contributed by atoms with Crippen molar-refractivity contribution < 1.29 is 9.18 Å². The van der Waals surface area contributed by atoms with Crippen molar-refractivity contribution in [3.05, 3.63) is 47.8 Å². The summed E-state index contributed by atoms with van der Waals surface area (Å²) in [4.78, 5) is 17.9. The molecule has 2 aromatic rings. The fraction of sp³-hybridized carbons (Fsp3) is 0.308. The molecule has 0 unspecified atom stereocenters. The lowest BCUT2D eigenvalue weighted by Crippen LogP contribution is -2.33. The Bertz CT molecular complexity index is 563. The highest BCUT2D eigenvalue weighted by molar-refractivity contribution is 5.90. The largest absolute Gasteiger partial charge is 0.329 e. The maximum Gasteiger partial charge on any atom is 0.291 e. The maximum absolute atomic E-state index is 12.9. The van der Waals surface area contributed by atoms with Gasteiger partial charge >= 0.3 is 0 Å². The van der Waals surface area contributed by atoms with Gasteiger partial charge in [0.25, 0.3) is 5.91 Å². The smallest absolute Gasteiger partial charge is 0.291 e. The third-order valence-corrected chi connectivity index (χ3v) is 3.13. The van der Waals surface area contributed by atoms with E-state index in [9.17, 15) is 9.18 Å². The van der Waals surface area contributed by atoms with Gasteiger partial charge in [0.1, 0.15) is 12.1 Å². The van der Waals surface area contributed by atoms with Crippen LogP contribution in [0.15, 0.2) is 30.6 Å². The average Bonchev–Trinajstić information content (AvgIpc) is 3.11. The number of amides is 1. The number of carbonyl (C=O) groups excluding carboxylic acids is 1. The van der Waals surface area contributed by atoms with Gasteiger partial charge in [-0.3, -0.25) is 9.89 Å². The van der Waals surface area contributed by atoms with E-state index < -0.39 is 0 Å². The molecule has 1 fully saturated rings. The Hall–Kier alpha value is -2.24. The number of nitrogens with zero attached hydrogens (tertiary/aromatic N) is 3. The second-order valence-corrected chi connectivity index (χ2v) is 4.62. The van der Waals surface area contributed by atoms with Crippen molar-refractivity contribution >= 4 is 5.91 Å². The van der Waals surface area contributed by atoms with Gasteiger partial charge in [0.15, 0.2) is 0 Å². The number of aromatic amines is 1. The van der Waals surface area contributed by atoms with Gasteiger partial charge in [-0.05, 0) is 30.5 Å². The summed E-state index contributed by atoms with van der Waals surface area (Å²) in [5.74, 6) is -0.193. The summed E-state index contributed by atoms with van der Waals surface area (Å²) in [6.45, 7) is 0.463. The summed E-state index contributed by atoms with van der Waals surface area (Å²) in [6.07, 6.45) is 3.32. The molecule has 98 valence electrons. The molecule has 0 radical (unpaired) electrons. The second-order valence-electron chi connectivity index (χ2n) is 4.62. The summed E-state index contributed by atoms with van der Waals surface area (Å²) < 4.78 is 12.9. The summed E-state index contributed by atoms with van der Waals surface area (Å²) >= 11 is 0. The molecule has 0 spiro atoms. The van der Waals surface area contributed by atoms with E-state index >= 15 is 0 Å². The fourth-order valence-corrected chi connectivity index (χ4v) is 1.98. The van der Waals surface area contributed by atoms with Crippen LogP contribution < -0.4 is 0 Å². The van der Waals surface area contributed by atoms with Crippen LogP contribution in [0.3, 0.4) is 0 Å². The van der Waals surface area contributed by atoms with Gasteiger partial charge in [0, 0.05) is 12.6 Å². The van der Waals surface area contributed by atoms with Crippen molar-refractivity contribution in [2.24, 2.45) is 0 Å². The number of aromatic nitrogens is 3. The molecule has 1 N–H and O–H groups in total. The minimum atomic E-state index is -0.275. The number of carbonyl (C=O) groups is 1. The van der Waals surface area contributed by atoms with Crippen LogP contribution in [0.2, 0.25) is 0 Å². The molecule has 1 aromatic carbocycles. The second kappa shape index (κ2) is 4.79. The number of nitrogens with one attached hydrogen (secondary N) is 1. The highest BCUT2D eigenvalue weighted by Crippen LogP contribution is 2.29. The number of halogens is 1. The number of H-pyrrole nitrogens is 1. The van der Waals surface area contributed by atoms with E-state index in [1.165, 1.54) is 18.5 Å². The predicted octanol–water partition coefficient (Wildman–Crippen LogP) is 1.75. The Morgan fingerprint density at radius 1 is 1.37 bits per heavy atom. The van der Waals surface area contributed by atoms with Crippen molar-refractivity contribution in [2.75, 3.05) is 0 Å². The van der Waals surface area contributed by atoms with Gasteiger partial charge < -0.3 is 4.90 Å². The zero-order chi connectivity index (χ0) is 13.2. The van der Waals surface area contributed by atoms with E-state index in [4.69, 9.17) is 0 Å². The Labute approximate surface area is 109 Å². The van der Waals surface area contributed by atoms with E-state index in [1.54, 1.807) is 17.0 Å². The van der Waals surface area contributed by atoms with Crippen molar-refractivity contribution in [3.8, 4) is 0 Å². The van der Waals surface area contributed by atoms with E-state index in [0.29, 0.717) is 6.54 Å². The Morgan fingerprint density at radius 2 is 2.11 bits per heavy atom. The van der Waals surface area contributed by atoms with Crippen molar-refractivity contribution in [1.29, 1.82) is 0 Å². The topological polar surface area (TPSA) is 61.9 Å². The minimum absolute atomic E-state index is 0.163. The first-order valence-electron chi connectivity index (χ1n) is 6.15. The van der Waals surface area contributed by atoms with E-state index in [0.717, 1.165) is 18.4 Å². The molecule has 1 saturated carbocycles. The number of benzene rings is 1. The molecule has 0 aliphatic heterocycles. The van der Waals surface area contributed by atoms with E-state index in [2.05, 4.69) is 15.2 Å². The van der Waals surface area contributed by atoms with Gasteiger partial charge in [-0.1, -0.05) is 12.1 Å². The summed E-state index contributed by atoms with van der Waals surface area (Å²) in [5, 5.41) is 6.27. The molecular weight excluding hydrogens is 247 g/mol. The average molecular weight is 260 g/mol. The minimum Gasteiger partial charge on any atom is -0.329 e. The molecule has 0 saturated heterocycles. The van der Waals surface area contributed by atoms with Crippen LogP contribution in [0.4, 0.5) is 4.39 Å². The maximum atomic E-state index is 12.9. The zero-order valence-corrected chi connectivity index (χ0v) is 10.2. The molecule has 3 rings (SSSR count). The molecule has 1 aliphatic rings. The SMILES string of the molecule is O=C(c1ncn[nH]1)N(Cc1ccc(F)cc1)C1CC1. The molecule has 1 heterocycles. The monoisotopic (exact) mass is 260 g/mol. The van der Waals surface area contributed by atoms with Gasteiger partial charge in [-0.25, -0.2) is 9.37 Å². The number of hydrogen-bond donors (Lipinski definition) is 1. The lowest BCUT2D eigenvalue weighted by Gasteiger charge is -2.21. The lowest BCUT2D eigenvalue weighted by molar-refractivity contribution is 0.0718. The van der Waals surface area contributed by atoms with Crippen LogP contribution in [0.5, 0.6) is 0 Å². The zero-order valence-electron chi connectivity index (χ0n) is 10.2. The Kier molecular flexibility index (Phi) is 2.98. The predicted molar refractivity (Wildman–Crippen MR) is 65.7 cm³/mol. The highest BCUT2D eigenvalue weighted by atomic mass is 19.1. The van der Waals surface area contributed by atoms with Gasteiger partial charge in [-0.15, -0.1) is 0 Å². The first-order chi connectivity index (χ1) is 9.24. The molecule has 0 atom stereocenters. The van der Waals surface area contributed by atoms with Crippen molar-refractivity contribution in [2.45, 2.75) is 25.4 Å². The molecular formula is C13H13FN4O. The summed E-state index contributed by atoms with van der Waals surface area (Å²) in [5.41, 5.74) is 0.904.